The van der Waals surface area contributed by atoms with E-state index >= 15 is 0 Å². The maximum absolute atomic E-state index is 8.75. The van der Waals surface area contributed by atoms with E-state index in [0.29, 0.717) is 5.25 Å². The van der Waals surface area contributed by atoms with E-state index in [-0.39, 0.29) is 6.61 Å². The number of thioether (sulfide) groups is 1. The summed E-state index contributed by atoms with van der Waals surface area (Å²) < 4.78 is 2.00. The molecule has 0 spiro atoms. The molecule has 5 heteroatoms. The summed E-state index contributed by atoms with van der Waals surface area (Å²) in [5.41, 5.74) is 0. The van der Waals surface area contributed by atoms with Gasteiger partial charge in [0, 0.05) is 18.9 Å². The minimum absolute atomic E-state index is 0.256. The second kappa shape index (κ2) is 5.36. The normalized spacial score (nSPS) is 13.1. The van der Waals surface area contributed by atoms with Gasteiger partial charge in [0.1, 0.15) is 11.6 Å². The summed E-state index contributed by atoms with van der Waals surface area (Å²) in [4.78, 5) is 0. The van der Waals surface area contributed by atoms with Crippen molar-refractivity contribution in [3.05, 3.63) is 11.6 Å². The molecule has 0 aliphatic carbocycles. The average Bonchev–Trinajstić information content (AvgIpc) is 2.46. The Hall–Kier alpha value is -0.550. The first-order chi connectivity index (χ1) is 6.65. The number of hydrogen-bond acceptors (Lipinski definition) is 4. The molecule has 0 saturated carbocycles. The van der Waals surface area contributed by atoms with E-state index in [2.05, 4.69) is 17.1 Å². The van der Waals surface area contributed by atoms with E-state index in [1.54, 1.807) is 11.8 Å². The van der Waals surface area contributed by atoms with Gasteiger partial charge in [-0.15, -0.1) is 10.2 Å². The third-order valence-corrected chi connectivity index (χ3v) is 3.44. The van der Waals surface area contributed by atoms with Crippen LogP contribution in [0.15, 0.2) is 0 Å². The summed E-state index contributed by atoms with van der Waals surface area (Å²) in [6.45, 7) is 4.31. The summed E-state index contributed by atoms with van der Waals surface area (Å²) >= 11 is 1.80. The van der Waals surface area contributed by atoms with Crippen molar-refractivity contribution in [2.75, 3.05) is 6.61 Å². The van der Waals surface area contributed by atoms with Crippen molar-refractivity contribution >= 4 is 11.8 Å². The van der Waals surface area contributed by atoms with Crippen molar-refractivity contribution in [3.8, 4) is 0 Å². The third kappa shape index (κ3) is 2.99. The van der Waals surface area contributed by atoms with Gasteiger partial charge < -0.3 is 9.67 Å². The highest BCUT2D eigenvalue weighted by Crippen LogP contribution is 2.18. The molecule has 0 amide bonds. The molecule has 1 heterocycles. The zero-order chi connectivity index (χ0) is 10.6. The smallest absolute Gasteiger partial charge is 0.142 e. The van der Waals surface area contributed by atoms with Crippen molar-refractivity contribution in [2.45, 2.75) is 31.3 Å². The lowest BCUT2D eigenvalue weighted by atomic mass is 10.3. The molecule has 1 atom stereocenters. The highest BCUT2D eigenvalue weighted by molar-refractivity contribution is 7.99. The fraction of sp³-hybridized carbons (Fsp3) is 0.778. The SMILES string of the molecule is Cc1nnc(CSC(C)CCO)n1C. The number of rotatable bonds is 5. The van der Waals surface area contributed by atoms with Crippen molar-refractivity contribution in [1.29, 1.82) is 0 Å². The Bertz CT molecular complexity index is 288. The molecule has 0 fully saturated rings. The van der Waals surface area contributed by atoms with Gasteiger partial charge in [-0.1, -0.05) is 6.92 Å². The zero-order valence-corrected chi connectivity index (χ0v) is 9.71. The van der Waals surface area contributed by atoms with Gasteiger partial charge in [0.15, 0.2) is 0 Å². The lowest BCUT2D eigenvalue weighted by molar-refractivity contribution is 0.289. The molecule has 14 heavy (non-hydrogen) atoms. The molecule has 0 aliphatic rings. The molecule has 1 unspecified atom stereocenters. The standard InChI is InChI=1S/C9H17N3OS/c1-7(4-5-13)14-6-9-11-10-8(2)12(9)3/h7,13H,4-6H2,1-3H3. The minimum atomic E-state index is 0.256. The van der Waals surface area contributed by atoms with Gasteiger partial charge in [0.05, 0.1) is 5.75 Å². The lowest BCUT2D eigenvalue weighted by Gasteiger charge is -2.08. The van der Waals surface area contributed by atoms with E-state index in [0.717, 1.165) is 23.8 Å². The molecule has 0 saturated heterocycles. The quantitative estimate of drug-likeness (QED) is 0.800. The number of aliphatic hydroxyl groups excluding tert-OH is 1. The average molecular weight is 215 g/mol. The van der Waals surface area contributed by atoms with Crippen molar-refractivity contribution in [2.24, 2.45) is 7.05 Å². The summed E-state index contributed by atoms with van der Waals surface area (Å²) in [5.74, 6) is 2.80. The molecule has 0 radical (unpaired) electrons. The number of aromatic nitrogens is 3. The van der Waals surface area contributed by atoms with Crippen LogP contribution in [0.2, 0.25) is 0 Å². The highest BCUT2D eigenvalue weighted by Gasteiger charge is 2.07. The Labute approximate surface area is 88.7 Å². The summed E-state index contributed by atoms with van der Waals surface area (Å²) in [6, 6.07) is 0. The molecule has 1 aromatic heterocycles. The van der Waals surface area contributed by atoms with Crippen molar-refractivity contribution in [3.63, 3.8) is 0 Å². The maximum atomic E-state index is 8.75. The lowest BCUT2D eigenvalue weighted by Crippen LogP contribution is -2.03. The number of aliphatic hydroxyl groups is 1. The van der Waals surface area contributed by atoms with Crippen molar-refractivity contribution < 1.29 is 5.11 Å². The second-order valence-corrected chi connectivity index (χ2v) is 4.78. The summed E-state index contributed by atoms with van der Waals surface area (Å²) in [5, 5.41) is 17.3. The van der Waals surface area contributed by atoms with Crippen LogP contribution in [0.25, 0.3) is 0 Å². The Morgan fingerprint density at radius 2 is 2.21 bits per heavy atom. The van der Waals surface area contributed by atoms with Gasteiger partial charge in [-0.2, -0.15) is 11.8 Å². The van der Waals surface area contributed by atoms with Gasteiger partial charge in [0.2, 0.25) is 0 Å². The Kier molecular flexibility index (Phi) is 4.41. The van der Waals surface area contributed by atoms with Gasteiger partial charge in [-0.05, 0) is 13.3 Å². The highest BCUT2D eigenvalue weighted by atomic mass is 32.2. The molecule has 80 valence electrons. The van der Waals surface area contributed by atoms with Crippen molar-refractivity contribution in [1.82, 2.24) is 14.8 Å². The summed E-state index contributed by atoms with van der Waals surface area (Å²) in [7, 11) is 1.97. The van der Waals surface area contributed by atoms with Crippen LogP contribution in [0.4, 0.5) is 0 Å². The van der Waals surface area contributed by atoms with E-state index < -0.39 is 0 Å². The van der Waals surface area contributed by atoms with E-state index in [4.69, 9.17) is 5.11 Å². The molecule has 1 N–H and O–H groups in total. The van der Waals surface area contributed by atoms with Crippen LogP contribution in [-0.4, -0.2) is 31.7 Å². The first kappa shape index (κ1) is 11.5. The molecule has 0 bridgehead atoms. The maximum Gasteiger partial charge on any atom is 0.142 e. The predicted octanol–water partition coefficient (Wildman–Crippen LogP) is 1.13. The van der Waals surface area contributed by atoms with Crippen LogP contribution >= 0.6 is 11.8 Å². The van der Waals surface area contributed by atoms with Gasteiger partial charge in [0.25, 0.3) is 0 Å². The van der Waals surface area contributed by atoms with E-state index in [9.17, 15) is 0 Å². The molecular formula is C9H17N3OS. The first-order valence-electron chi connectivity index (χ1n) is 4.72. The Morgan fingerprint density at radius 1 is 1.50 bits per heavy atom. The summed E-state index contributed by atoms with van der Waals surface area (Å²) in [6.07, 6.45) is 0.835. The third-order valence-electron chi connectivity index (χ3n) is 2.22. The molecule has 1 aromatic rings. The predicted molar refractivity (Wildman–Crippen MR) is 58.2 cm³/mol. The van der Waals surface area contributed by atoms with Crippen LogP contribution in [-0.2, 0) is 12.8 Å². The molecule has 0 aliphatic heterocycles. The van der Waals surface area contributed by atoms with Crippen LogP contribution in [0.1, 0.15) is 25.0 Å². The fourth-order valence-corrected chi connectivity index (χ4v) is 2.02. The zero-order valence-electron chi connectivity index (χ0n) is 8.90. The van der Waals surface area contributed by atoms with Crippen LogP contribution in [0, 0.1) is 6.92 Å². The fourth-order valence-electron chi connectivity index (χ4n) is 1.06. The van der Waals surface area contributed by atoms with Gasteiger partial charge >= 0.3 is 0 Å². The topological polar surface area (TPSA) is 50.9 Å². The van der Waals surface area contributed by atoms with Crippen LogP contribution < -0.4 is 0 Å². The number of aryl methyl sites for hydroxylation is 1. The van der Waals surface area contributed by atoms with E-state index in [1.165, 1.54) is 0 Å². The van der Waals surface area contributed by atoms with Crippen LogP contribution in [0.3, 0.4) is 0 Å². The van der Waals surface area contributed by atoms with Gasteiger partial charge in [-0.3, -0.25) is 0 Å². The Balaban J connectivity index is 2.41. The monoisotopic (exact) mass is 215 g/mol. The number of hydrogen-bond donors (Lipinski definition) is 1. The molecular weight excluding hydrogens is 198 g/mol. The van der Waals surface area contributed by atoms with E-state index in [1.807, 2.05) is 18.5 Å². The number of nitrogens with zero attached hydrogens (tertiary/aromatic N) is 3. The first-order valence-corrected chi connectivity index (χ1v) is 5.77. The van der Waals surface area contributed by atoms with Crippen LogP contribution in [0.5, 0.6) is 0 Å². The molecule has 1 rings (SSSR count). The molecule has 0 aromatic carbocycles. The van der Waals surface area contributed by atoms with Gasteiger partial charge in [-0.25, -0.2) is 0 Å². The molecule has 4 nitrogen and oxygen atoms in total. The second-order valence-electron chi connectivity index (χ2n) is 3.36. The minimum Gasteiger partial charge on any atom is -0.396 e. The Morgan fingerprint density at radius 3 is 2.71 bits per heavy atom. The largest absolute Gasteiger partial charge is 0.396 e.